The predicted molar refractivity (Wildman–Crippen MR) is 126 cm³/mol. The Bertz CT molecular complexity index is 1370. The summed E-state index contributed by atoms with van der Waals surface area (Å²) in [6.07, 6.45) is 4.73. The van der Waals surface area contributed by atoms with Crippen LogP contribution < -0.4 is 21.5 Å². The van der Waals surface area contributed by atoms with Gasteiger partial charge in [-0.1, -0.05) is 55.5 Å². The van der Waals surface area contributed by atoms with Crippen molar-refractivity contribution in [1.29, 1.82) is 0 Å². The third-order valence-electron chi connectivity index (χ3n) is 5.96. The smallest absolute Gasteiger partial charge is 0.257 e. The van der Waals surface area contributed by atoms with Crippen LogP contribution in [0.15, 0.2) is 102 Å². The van der Waals surface area contributed by atoms with Crippen molar-refractivity contribution in [3.8, 4) is 5.75 Å². The van der Waals surface area contributed by atoms with Gasteiger partial charge in [0.1, 0.15) is 23.7 Å². The number of nitrogens with zero attached hydrogens (tertiary/aromatic N) is 2. The van der Waals surface area contributed by atoms with E-state index < -0.39 is 0 Å². The third kappa shape index (κ3) is 4.54. The average Bonchev–Trinajstić information content (AvgIpc) is 3.44. The van der Waals surface area contributed by atoms with Crippen molar-refractivity contribution in [3.63, 3.8) is 0 Å². The lowest BCUT2D eigenvalue weighted by molar-refractivity contribution is -0.690. The number of imidazole rings is 1. The van der Waals surface area contributed by atoms with E-state index in [1.165, 1.54) is 12.1 Å². The van der Waals surface area contributed by atoms with Crippen LogP contribution >= 0.6 is 0 Å². The molecular weight excluding hydrogens is 492 g/mol. The molecule has 0 saturated heterocycles. The number of halogens is 1. The van der Waals surface area contributed by atoms with Gasteiger partial charge in [0.05, 0.1) is 0 Å². The molecule has 5 rings (SSSR count). The van der Waals surface area contributed by atoms with Gasteiger partial charge in [0, 0.05) is 22.9 Å². The van der Waals surface area contributed by atoms with Crippen molar-refractivity contribution in [2.24, 2.45) is 0 Å². The Balaban J connectivity index is 0.00000274. The summed E-state index contributed by atoms with van der Waals surface area (Å²) in [5, 5.41) is 10.6. The number of hydrogen-bond donors (Lipinski definition) is 1. The Morgan fingerprint density at radius 2 is 1.71 bits per heavy atom. The van der Waals surface area contributed by atoms with Gasteiger partial charge >= 0.3 is 0 Å². The van der Waals surface area contributed by atoms with Crippen molar-refractivity contribution in [2.45, 2.75) is 25.9 Å². The SMILES string of the molecule is CCc1n(C(c2ccccc2)c2cc3ccccc3o2)cc[n+]1CC(=O)c1ccc(O)cc1.[Br-]. The Hall–Kier alpha value is -3.64. The van der Waals surface area contributed by atoms with E-state index in [0.29, 0.717) is 5.56 Å². The summed E-state index contributed by atoms with van der Waals surface area (Å²) in [6, 6.07) is 26.6. The first-order chi connectivity index (χ1) is 16.1. The summed E-state index contributed by atoms with van der Waals surface area (Å²) in [5.41, 5.74) is 2.54. The number of carbonyl (C=O) groups is 1. The molecule has 2 heterocycles. The number of ketones is 1. The molecule has 0 bridgehead atoms. The highest BCUT2D eigenvalue weighted by Gasteiger charge is 2.30. The minimum absolute atomic E-state index is 0. The first-order valence-corrected chi connectivity index (χ1v) is 11.1. The van der Waals surface area contributed by atoms with Crippen LogP contribution in [-0.2, 0) is 13.0 Å². The first-order valence-electron chi connectivity index (χ1n) is 11.1. The second-order valence-corrected chi connectivity index (χ2v) is 8.07. The van der Waals surface area contributed by atoms with Crippen LogP contribution in [0.2, 0.25) is 0 Å². The summed E-state index contributed by atoms with van der Waals surface area (Å²) in [5.74, 6) is 2.02. The quantitative estimate of drug-likeness (QED) is 0.267. The standard InChI is InChI=1S/C28H24N2O3.BrH/c1-2-27-29(19-24(32)20-12-14-23(31)15-13-20)16-17-30(27)28(21-8-4-3-5-9-21)26-18-22-10-6-7-11-25(22)33-26;/h3-18,28H,2,19H2,1H3;1H. The molecular formula is C28H25BrN2O3. The number of furan rings is 1. The second kappa shape index (κ2) is 10.1. The molecule has 1 unspecified atom stereocenters. The molecule has 0 saturated carbocycles. The normalized spacial score (nSPS) is 11.8. The van der Waals surface area contributed by atoms with Crippen LogP contribution in [0.4, 0.5) is 0 Å². The van der Waals surface area contributed by atoms with Gasteiger partial charge in [-0.3, -0.25) is 4.79 Å². The number of fused-ring (bicyclic) bond motifs is 1. The molecule has 0 aliphatic rings. The number of aromatic nitrogens is 2. The maximum Gasteiger partial charge on any atom is 0.257 e. The van der Waals surface area contributed by atoms with Crippen LogP contribution in [0.1, 0.15) is 40.5 Å². The molecule has 3 aromatic carbocycles. The first kappa shape index (κ1) is 23.5. The van der Waals surface area contributed by atoms with Crippen LogP contribution in [0, 0.1) is 0 Å². The summed E-state index contributed by atoms with van der Waals surface area (Å²) < 4.78 is 10.5. The molecule has 2 aromatic heterocycles. The average molecular weight is 517 g/mol. The maximum atomic E-state index is 12.9. The number of hydrogen-bond acceptors (Lipinski definition) is 3. The van der Waals surface area contributed by atoms with E-state index in [0.717, 1.165) is 34.5 Å². The highest BCUT2D eigenvalue weighted by atomic mass is 79.9. The Kier molecular flexibility index (Phi) is 6.98. The van der Waals surface area contributed by atoms with Gasteiger partial charge in [-0.15, -0.1) is 0 Å². The van der Waals surface area contributed by atoms with E-state index in [4.69, 9.17) is 4.42 Å². The summed E-state index contributed by atoms with van der Waals surface area (Å²) in [6.45, 7) is 2.32. The Labute approximate surface area is 208 Å². The highest BCUT2D eigenvalue weighted by molar-refractivity contribution is 5.95. The van der Waals surface area contributed by atoms with E-state index >= 15 is 0 Å². The van der Waals surface area contributed by atoms with Crippen LogP contribution in [0.25, 0.3) is 11.0 Å². The number of Topliss-reactive ketones (excluding diaryl/α,β-unsaturated/α-hetero) is 1. The summed E-state index contributed by atoms with van der Waals surface area (Å²) in [7, 11) is 0. The Morgan fingerprint density at radius 3 is 2.41 bits per heavy atom. The molecule has 0 aliphatic carbocycles. The van der Waals surface area contributed by atoms with Gasteiger partial charge in [-0.2, -0.15) is 0 Å². The third-order valence-corrected chi connectivity index (χ3v) is 5.96. The number of phenols is 1. The molecule has 1 N–H and O–H groups in total. The fraction of sp³-hybridized carbons (Fsp3) is 0.143. The molecule has 6 heteroatoms. The second-order valence-electron chi connectivity index (χ2n) is 8.07. The van der Waals surface area contributed by atoms with Crippen molar-refractivity contribution in [1.82, 2.24) is 4.57 Å². The predicted octanol–water partition coefficient (Wildman–Crippen LogP) is 2.31. The molecule has 172 valence electrons. The molecule has 0 spiro atoms. The van der Waals surface area contributed by atoms with Gasteiger partial charge in [0.25, 0.3) is 5.82 Å². The van der Waals surface area contributed by atoms with Gasteiger partial charge in [0.15, 0.2) is 18.3 Å². The van der Waals surface area contributed by atoms with Gasteiger partial charge in [0.2, 0.25) is 5.78 Å². The van der Waals surface area contributed by atoms with E-state index in [9.17, 15) is 9.90 Å². The zero-order chi connectivity index (χ0) is 22.8. The number of carbonyl (C=O) groups excluding carboxylic acids is 1. The molecule has 0 amide bonds. The topological polar surface area (TPSA) is 59.2 Å². The molecule has 0 radical (unpaired) electrons. The van der Waals surface area contributed by atoms with Crippen molar-refractivity contribution in [2.75, 3.05) is 0 Å². The molecule has 0 aliphatic heterocycles. The molecule has 5 nitrogen and oxygen atoms in total. The lowest BCUT2D eigenvalue weighted by atomic mass is 10.0. The van der Waals surface area contributed by atoms with E-state index in [2.05, 4.69) is 35.8 Å². The number of benzene rings is 3. The lowest BCUT2D eigenvalue weighted by Gasteiger charge is -2.14. The molecule has 5 aromatic rings. The van der Waals surface area contributed by atoms with Gasteiger partial charge in [-0.25, -0.2) is 9.13 Å². The number of para-hydroxylation sites is 1. The van der Waals surface area contributed by atoms with Crippen molar-refractivity contribution < 1.29 is 35.9 Å². The van der Waals surface area contributed by atoms with Gasteiger partial charge < -0.3 is 26.5 Å². The molecule has 0 fully saturated rings. The maximum absolute atomic E-state index is 12.9. The number of phenolic OH excluding ortho intramolecular Hbond substituents is 1. The number of rotatable bonds is 7. The van der Waals surface area contributed by atoms with Crippen LogP contribution in [0.3, 0.4) is 0 Å². The fourth-order valence-electron chi connectivity index (χ4n) is 4.37. The van der Waals surface area contributed by atoms with E-state index in [-0.39, 0.29) is 41.1 Å². The minimum Gasteiger partial charge on any atom is -1.00 e. The number of aromatic hydroxyl groups is 1. The highest BCUT2D eigenvalue weighted by Crippen LogP contribution is 2.32. The summed E-state index contributed by atoms with van der Waals surface area (Å²) >= 11 is 0. The van der Waals surface area contributed by atoms with Gasteiger partial charge in [-0.05, 0) is 36.4 Å². The fourth-order valence-corrected chi connectivity index (χ4v) is 4.37. The zero-order valence-corrected chi connectivity index (χ0v) is 20.4. The largest absolute Gasteiger partial charge is 1.00 e. The summed E-state index contributed by atoms with van der Waals surface area (Å²) in [4.78, 5) is 12.9. The van der Waals surface area contributed by atoms with E-state index in [1.54, 1.807) is 12.1 Å². The van der Waals surface area contributed by atoms with Crippen molar-refractivity contribution in [3.05, 3.63) is 120 Å². The van der Waals surface area contributed by atoms with E-state index in [1.807, 2.05) is 53.4 Å². The zero-order valence-electron chi connectivity index (χ0n) is 18.8. The lowest BCUT2D eigenvalue weighted by Crippen LogP contribution is -3.00. The Morgan fingerprint density at radius 1 is 1.00 bits per heavy atom. The molecule has 1 atom stereocenters. The van der Waals surface area contributed by atoms with Crippen molar-refractivity contribution >= 4 is 16.8 Å². The van der Waals surface area contributed by atoms with Crippen LogP contribution in [-0.4, -0.2) is 15.5 Å². The monoisotopic (exact) mass is 516 g/mol. The molecule has 34 heavy (non-hydrogen) atoms. The minimum atomic E-state index is -0.154. The van der Waals surface area contributed by atoms with Crippen LogP contribution in [0.5, 0.6) is 5.75 Å².